The Labute approximate surface area is 254 Å². The topological polar surface area (TPSA) is 108 Å². The minimum absolute atomic E-state index is 0.0969. The Kier molecular flexibility index (Phi) is 9.86. The lowest BCUT2D eigenvalue weighted by Crippen LogP contribution is -2.65. The zero-order chi connectivity index (χ0) is 30.4. The highest BCUT2D eigenvalue weighted by Crippen LogP contribution is 2.67. The van der Waals surface area contributed by atoms with Crippen LogP contribution in [0.25, 0.3) is 0 Å². The van der Waals surface area contributed by atoms with Crippen molar-refractivity contribution >= 4 is 5.91 Å². The highest BCUT2D eigenvalue weighted by molar-refractivity contribution is 5.73. The van der Waals surface area contributed by atoms with E-state index in [0.717, 1.165) is 54.8 Å². The fourth-order valence-corrected chi connectivity index (χ4v) is 10.5. The van der Waals surface area contributed by atoms with Gasteiger partial charge in [0.2, 0.25) is 5.91 Å². The summed E-state index contributed by atoms with van der Waals surface area (Å²) in [4.78, 5) is 11.9. The average molecular weight is 590 g/mol. The third kappa shape index (κ3) is 5.99. The SMILES string of the molecule is CC(=O)N[C@H]1[C@H](O[C@H]2CC[C@@]3(C)C(=CC[C@H]4[C@H]5CC[C@H]([C@@H](C)CCCC(C)C)[C@@]5(C)CC[C@@H]43)C2)O[C@H](CO)[C@@H](O)[C@@H]1O. The molecule has 7 heteroatoms. The molecule has 1 saturated heterocycles. The van der Waals surface area contributed by atoms with Crippen molar-refractivity contribution < 1.29 is 29.6 Å². The standard InChI is InChI=1S/C35H59NO6/c1-20(2)8-7-9-21(3)26-12-13-27-25-11-10-23-18-24(14-16-34(23,5)28(25)15-17-35(26,27)6)41-33-30(36-22(4)38)32(40)31(39)29(19-37)42-33/h10,20-21,24-33,37,39-40H,7-9,11-19H2,1-6H3,(H,36,38)/t21-,24-,25-,26+,27+,28-,29+,30+,31+,32+,33+,34-,35+/m0/s1. The molecule has 3 saturated carbocycles. The molecule has 42 heavy (non-hydrogen) atoms. The second-order valence-corrected chi connectivity index (χ2v) is 15.7. The van der Waals surface area contributed by atoms with Gasteiger partial charge >= 0.3 is 0 Å². The maximum Gasteiger partial charge on any atom is 0.217 e. The number of ether oxygens (including phenoxy) is 2. The summed E-state index contributed by atoms with van der Waals surface area (Å²) >= 11 is 0. The van der Waals surface area contributed by atoms with Crippen molar-refractivity contribution in [3.63, 3.8) is 0 Å². The van der Waals surface area contributed by atoms with Crippen molar-refractivity contribution in [1.82, 2.24) is 5.32 Å². The fraction of sp³-hybridized carbons (Fsp3) is 0.914. The largest absolute Gasteiger partial charge is 0.394 e. The number of carbonyl (C=O) groups excluding carboxylic acids is 1. The van der Waals surface area contributed by atoms with Gasteiger partial charge in [-0.3, -0.25) is 4.79 Å². The van der Waals surface area contributed by atoms with Gasteiger partial charge in [-0.1, -0.05) is 65.5 Å². The van der Waals surface area contributed by atoms with Crippen LogP contribution in [-0.2, 0) is 14.3 Å². The molecule has 5 rings (SSSR count). The minimum atomic E-state index is -1.30. The van der Waals surface area contributed by atoms with Crippen LogP contribution in [0.5, 0.6) is 0 Å². The highest BCUT2D eigenvalue weighted by Gasteiger charge is 2.59. The van der Waals surface area contributed by atoms with E-state index < -0.39 is 37.3 Å². The molecule has 240 valence electrons. The molecule has 0 radical (unpaired) electrons. The van der Waals surface area contributed by atoms with E-state index in [-0.39, 0.29) is 17.4 Å². The van der Waals surface area contributed by atoms with Gasteiger partial charge in [0.1, 0.15) is 24.4 Å². The third-order valence-corrected chi connectivity index (χ3v) is 12.8. The maximum atomic E-state index is 11.9. The van der Waals surface area contributed by atoms with Crippen molar-refractivity contribution in [2.45, 2.75) is 149 Å². The Morgan fingerprint density at radius 2 is 1.83 bits per heavy atom. The van der Waals surface area contributed by atoms with Crippen molar-refractivity contribution in [1.29, 1.82) is 0 Å². The Hall–Kier alpha value is -0.990. The van der Waals surface area contributed by atoms with E-state index >= 15 is 0 Å². The smallest absolute Gasteiger partial charge is 0.217 e. The van der Waals surface area contributed by atoms with Gasteiger partial charge < -0.3 is 30.1 Å². The van der Waals surface area contributed by atoms with Gasteiger partial charge in [-0.2, -0.15) is 0 Å². The van der Waals surface area contributed by atoms with Gasteiger partial charge in [-0.05, 0) is 97.7 Å². The van der Waals surface area contributed by atoms with Gasteiger partial charge in [0, 0.05) is 6.92 Å². The average Bonchev–Trinajstić information content (AvgIpc) is 3.29. The van der Waals surface area contributed by atoms with Gasteiger partial charge in [-0.15, -0.1) is 0 Å². The lowest BCUT2D eigenvalue weighted by molar-refractivity contribution is -0.284. The fourth-order valence-electron chi connectivity index (χ4n) is 10.5. The Morgan fingerprint density at radius 1 is 1.07 bits per heavy atom. The molecule has 4 aliphatic carbocycles. The van der Waals surface area contributed by atoms with Crippen molar-refractivity contribution in [3.8, 4) is 0 Å². The van der Waals surface area contributed by atoms with Crippen LogP contribution in [0.4, 0.5) is 0 Å². The molecule has 0 aromatic rings. The van der Waals surface area contributed by atoms with E-state index in [2.05, 4.69) is 46.0 Å². The molecule has 13 atom stereocenters. The first-order valence-electron chi connectivity index (χ1n) is 17.1. The van der Waals surface area contributed by atoms with Crippen LogP contribution in [0.2, 0.25) is 0 Å². The number of fused-ring (bicyclic) bond motifs is 5. The van der Waals surface area contributed by atoms with E-state index in [1.165, 1.54) is 63.9 Å². The molecule has 1 aliphatic heterocycles. The number of carbonyl (C=O) groups is 1. The molecule has 4 N–H and O–H groups in total. The number of aliphatic hydroxyl groups excluding tert-OH is 3. The summed E-state index contributed by atoms with van der Waals surface area (Å²) in [5.41, 5.74) is 2.18. The zero-order valence-electron chi connectivity index (χ0n) is 27.1. The number of hydrogen-bond donors (Lipinski definition) is 4. The van der Waals surface area contributed by atoms with Crippen LogP contribution in [0.15, 0.2) is 11.6 Å². The van der Waals surface area contributed by atoms with Crippen LogP contribution < -0.4 is 5.32 Å². The summed E-state index contributed by atoms with van der Waals surface area (Å²) in [5.74, 6) is 4.48. The van der Waals surface area contributed by atoms with Gasteiger partial charge in [0.15, 0.2) is 6.29 Å². The van der Waals surface area contributed by atoms with E-state index in [1.54, 1.807) is 0 Å². The van der Waals surface area contributed by atoms with Crippen LogP contribution >= 0.6 is 0 Å². The number of nitrogens with one attached hydrogen (secondary N) is 1. The molecular weight excluding hydrogens is 530 g/mol. The molecule has 1 amide bonds. The Balaban J connectivity index is 1.26. The lowest BCUT2D eigenvalue weighted by Gasteiger charge is -2.58. The second-order valence-electron chi connectivity index (χ2n) is 15.7. The monoisotopic (exact) mass is 589 g/mol. The van der Waals surface area contributed by atoms with Crippen molar-refractivity contribution in [2.75, 3.05) is 6.61 Å². The molecule has 1 heterocycles. The van der Waals surface area contributed by atoms with Crippen LogP contribution in [0, 0.1) is 46.3 Å². The summed E-state index contributed by atoms with van der Waals surface area (Å²) in [7, 11) is 0. The molecule has 7 nitrogen and oxygen atoms in total. The first-order valence-corrected chi connectivity index (χ1v) is 17.1. The normalized spacial score (nSPS) is 45.9. The summed E-state index contributed by atoms with van der Waals surface area (Å²) in [6, 6.07) is -0.891. The molecule has 0 spiro atoms. The first-order chi connectivity index (χ1) is 19.9. The number of amides is 1. The Bertz CT molecular complexity index is 985. The van der Waals surface area contributed by atoms with E-state index in [9.17, 15) is 20.1 Å². The van der Waals surface area contributed by atoms with Crippen LogP contribution in [0.1, 0.15) is 112 Å². The lowest BCUT2D eigenvalue weighted by atomic mass is 9.47. The van der Waals surface area contributed by atoms with Crippen LogP contribution in [-0.4, -0.2) is 64.6 Å². The quantitative estimate of drug-likeness (QED) is 0.270. The zero-order valence-corrected chi connectivity index (χ0v) is 27.1. The van der Waals surface area contributed by atoms with Gasteiger partial charge in [-0.25, -0.2) is 0 Å². The molecule has 5 aliphatic rings. The number of allylic oxidation sites excluding steroid dienone is 1. The second kappa shape index (κ2) is 12.8. The predicted octanol–water partition coefficient (Wildman–Crippen LogP) is 5.36. The summed E-state index contributed by atoms with van der Waals surface area (Å²) in [6.45, 7) is 13.3. The van der Waals surface area contributed by atoms with E-state index in [4.69, 9.17) is 9.47 Å². The predicted molar refractivity (Wildman–Crippen MR) is 163 cm³/mol. The van der Waals surface area contributed by atoms with Crippen LogP contribution in [0.3, 0.4) is 0 Å². The Morgan fingerprint density at radius 3 is 2.52 bits per heavy atom. The maximum absolute atomic E-state index is 11.9. The highest BCUT2D eigenvalue weighted by atomic mass is 16.7. The number of rotatable bonds is 9. The molecule has 0 bridgehead atoms. The summed E-state index contributed by atoms with van der Waals surface area (Å²) in [6.07, 6.45) is 11.5. The van der Waals surface area contributed by atoms with Gasteiger partial charge in [0.25, 0.3) is 0 Å². The first kappa shape index (κ1) is 32.4. The third-order valence-electron chi connectivity index (χ3n) is 12.8. The molecule has 0 aromatic carbocycles. The van der Waals surface area contributed by atoms with Crippen molar-refractivity contribution in [3.05, 3.63) is 11.6 Å². The summed E-state index contributed by atoms with van der Waals surface area (Å²) < 4.78 is 12.3. The van der Waals surface area contributed by atoms with E-state index in [1.807, 2.05) is 0 Å². The molecular formula is C35H59NO6. The minimum Gasteiger partial charge on any atom is -0.394 e. The van der Waals surface area contributed by atoms with Crippen molar-refractivity contribution in [2.24, 2.45) is 46.3 Å². The molecule has 0 aromatic heterocycles. The molecule has 4 fully saturated rings. The molecule has 0 unspecified atom stereocenters. The van der Waals surface area contributed by atoms with Gasteiger partial charge in [0.05, 0.1) is 12.7 Å². The van der Waals surface area contributed by atoms with E-state index in [0.29, 0.717) is 5.41 Å². The summed E-state index contributed by atoms with van der Waals surface area (Å²) in [5, 5.41) is 33.5. The number of aliphatic hydroxyl groups is 3. The number of hydrogen-bond acceptors (Lipinski definition) is 6.